The van der Waals surface area contributed by atoms with Crippen molar-refractivity contribution in [1.82, 2.24) is 10.2 Å². The van der Waals surface area contributed by atoms with Crippen molar-refractivity contribution in [1.29, 1.82) is 0 Å². The van der Waals surface area contributed by atoms with E-state index < -0.39 is 6.04 Å². The van der Waals surface area contributed by atoms with E-state index in [1.165, 1.54) is 27.6 Å². The molecule has 0 unspecified atom stereocenters. The van der Waals surface area contributed by atoms with Crippen LogP contribution >= 0.6 is 0 Å². The number of rotatable bonds is 11. The molecule has 1 aliphatic carbocycles. The second-order valence-corrected chi connectivity index (χ2v) is 9.57. The molecule has 1 aromatic heterocycles. The third-order valence-corrected chi connectivity index (χ3v) is 6.98. The summed E-state index contributed by atoms with van der Waals surface area (Å²) in [6.45, 7) is 2.32. The van der Waals surface area contributed by atoms with Crippen LogP contribution in [-0.2, 0) is 11.2 Å². The van der Waals surface area contributed by atoms with Gasteiger partial charge >= 0.3 is 0 Å². The Labute approximate surface area is 223 Å². The number of benzene rings is 2. The fourth-order valence-corrected chi connectivity index (χ4v) is 5.09. The van der Waals surface area contributed by atoms with Crippen LogP contribution in [-0.4, -0.2) is 50.6 Å². The van der Waals surface area contributed by atoms with E-state index in [0.717, 1.165) is 36.8 Å². The van der Waals surface area contributed by atoms with Gasteiger partial charge in [-0.25, -0.2) is 0 Å². The first-order chi connectivity index (χ1) is 18.4. The lowest BCUT2D eigenvalue weighted by Gasteiger charge is -2.32. The number of ether oxygens (including phenoxy) is 3. The highest BCUT2D eigenvalue weighted by atomic mass is 16.5. The standard InChI is InChI=1S/C30H36N2O6/c1-20-9-7-10-21(17-20)14-15-32(30(34)24-13-8-16-38-24)27(29(33)31-23-11-5-6-12-23)22-18-25(35-2)28(37-4)26(19-22)36-3/h7-10,13,16-19,23,27H,5-6,11-12,14-15H2,1-4H3,(H,31,33)/t27-/m0/s1. The van der Waals surface area contributed by atoms with E-state index >= 15 is 0 Å². The number of furan rings is 1. The average Bonchev–Trinajstić information content (AvgIpc) is 3.64. The van der Waals surface area contributed by atoms with E-state index in [-0.39, 0.29) is 23.6 Å². The molecule has 0 aliphatic heterocycles. The fraction of sp³-hybridized carbons (Fsp3) is 0.400. The number of nitrogens with zero attached hydrogens (tertiary/aromatic N) is 1. The predicted molar refractivity (Wildman–Crippen MR) is 144 cm³/mol. The van der Waals surface area contributed by atoms with Crippen LogP contribution in [0.15, 0.2) is 59.2 Å². The Morgan fingerprint density at radius 3 is 2.29 bits per heavy atom. The monoisotopic (exact) mass is 520 g/mol. The van der Waals surface area contributed by atoms with Crippen LogP contribution in [0.3, 0.4) is 0 Å². The Bertz CT molecular complexity index is 1210. The Morgan fingerprint density at radius 1 is 1.00 bits per heavy atom. The zero-order valence-electron chi connectivity index (χ0n) is 22.5. The van der Waals surface area contributed by atoms with Crippen molar-refractivity contribution in [2.75, 3.05) is 27.9 Å². The normalized spacial score (nSPS) is 14.1. The molecule has 0 saturated heterocycles. The van der Waals surface area contributed by atoms with E-state index in [0.29, 0.717) is 35.8 Å². The Balaban J connectivity index is 1.79. The van der Waals surface area contributed by atoms with Gasteiger partial charge in [-0.15, -0.1) is 0 Å². The summed E-state index contributed by atoms with van der Waals surface area (Å²) in [4.78, 5) is 29.4. The van der Waals surface area contributed by atoms with E-state index in [2.05, 4.69) is 11.4 Å². The maximum Gasteiger partial charge on any atom is 0.290 e. The molecule has 3 aromatic rings. The van der Waals surface area contributed by atoms with E-state index in [1.54, 1.807) is 29.2 Å². The van der Waals surface area contributed by atoms with Crippen molar-refractivity contribution in [2.24, 2.45) is 0 Å². The quantitative estimate of drug-likeness (QED) is 0.378. The molecule has 202 valence electrons. The first-order valence-corrected chi connectivity index (χ1v) is 13.0. The summed E-state index contributed by atoms with van der Waals surface area (Å²) >= 11 is 0. The average molecular weight is 521 g/mol. The van der Waals surface area contributed by atoms with E-state index in [9.17, 15) is 9.59 Å². The summed E-state index contributed by atoms with van der Waals surface area (Å²) < 4.78 is 22.1. The smallest absolute Gasteiger partial charge is 0.290 e. The summed E-state index contributed by atoms with van der Waals surface area (Å²) in [5.74, 6) is 0.769. The largest absolute Gasteiger partial charge is 0.493 e. The molecule has 1 N–H and O–H groups in total. The van der Waals surface area contributed by atoms with Gasteiger partial charge in [0.2, 0.25) is 11.7 Å². The van der Waals surface area contributed by atoms with Crippen LogP contribution < -0.4 is 19.5 Å². The van der Waals surface area contributed by atoms with Gasteiger partial charge in [0.05, 0.1) is 27.6 Å². The minimum absolute atomic E-state index is 0.0735. The van der Waals surface area contributed by atoms with Crippen molar-refractivity contribution in [3.63, 3.8) is 0 Å². The van der Waals surface area contributed by atoms with Crippen molar-refractivity contribution in [3.05, 3.63) is 77.2 Å². The van der Waals surface area contributed by atoms with Crippen LogP contribution in [0.25, 0.3) is 0 Å². The summed E-state index contributed by atoms with van der Waals surface area (Å²) in [5, 5.41) is 3.19. The molecule has 4 rings (SSSR count). The summed E-state index contributed by atoms with van der Waals surface area (Å²) in [7, 11) is 4.58. The minimum atomic E-state index is -0.952. The molecule has 1 aliphatic rings. The van der Waals surface area contributed by atoms with Gasteiger partial charge in [0.1, 0.15) is 6.04 Å². The van der Waals surface area contributed by atoms with Crippen LogP contribution in [0, 0.1) is 6.92 Å². The molecule has 8 nitrogen and oxygen atoms in total. The number of nitrogens with one attached hydrogen (secondary N) is 1. The maximum atomic E-state index is 14.0. The summed E-state index contributed by atoms with van der Waals surface area (Å²) in [6.07, 6.45) is 6.00. The highest BCUT2D eigenvalue weighted by molar-refractivity contribution is 5.96. The number of methoxy groups -OCH3 is 3. The molecule has 1 atom stereocenters. The molecular weight excluding hydrogens is 484 g/mol. The second-order valence-electron chi connectivity index (χ2n) is 9.57. The zero-order chi connectivity index (χ0) is 27.1. The molecule has 0 radical (unpaired) electrons. The number of aryl methyl sites for hydroxylation is 1. The van der Waals surface area contributed by atoms with Gasteiger partial charge in [0.25, 0.3) is 5.91 Å². The molecule has 0 spiro atoms. The highest BCUT2D eigenvalue weighted by Crippen LogP contribution is 2.41. The van der Waals surface area contributed by atoms with Crippen LogP contribution in [0.5, 0.6) is 17.2 Å². The van der Waals surface area contributed by atoms with E-state index in [1.807, 2.05) is 25.1 Å². The van der Waals surface area contributed by atoms with Crippen LogP contribution in [0.1, 0.15) is 59.0 Å². The lowest BCUT2D eigenvalue weighted by molar-refractivity contribution is -0.126. The number of amides is 2. The van der Waals surface area contributed by atoms with Crippen molar-refractivity contribution >= 4 is 11.8 Å². The van der Waals surface area contributed by atoms with Gasteiger partial charge in [-0.3, -0.25) is 9.59 Å². The van der Waals surface area contributed by atoms with Gasteiger partial charge in [0.15, 0.2) is 17.3 Å². The number of carbonyl (C=O) groups excluding carboxylic acids is 2. The SMILES string of the molecule is COc1cc([C@@H](C(=O)NC2CCCC2)N(CCc2cccc(C)c2)C(=O)c2ccco2)cc(OC)c1OC. The molecule has 1 heterocycles. The first kappa shape index (κ1) is 27.1. The molecule has 2 amide bonds. The highest BCUT2D eigenvalue weighted by Gasteiger charge is 2.35. The van der Waals surface area contributed by atoms with Crippen LogP contribution in [0.2, 0.25) is 0 Å². The maximum absolute atomic E-state index is 14.0. The molecule has 1 saturated carbocycles. The van der Waals surface area contributed by atoms with Gasteiger partial charge in [-0.2, -0.15) is 0 Å². The second kappa shape index (κ2) is 12.5. The van der Waals surface area contributed by atoms with Crippen molar-refractivity contribution in [2.45, 2.75) is 51.1 Å². The van der Waals surface area contributed by atoms with Gasteiger partial charge in [-0.05, 0) is 61.6 Å². The third kappa shape index (κ3) is 6.13. The number of hydrogen-bond acceptors (Lipinski definition) is 6. The van der Waals surface area contributed by atoms with Gasteiger partial charge in [0, 0.05) is 12.6 Å². The van der Waals surface area contributed by atoms with E-state index in [4.69, 9.17) is 18.6 Å². The Hall–Kier alpha value is -3.94. The van der Waals surface area contributed by atoms with Gasteiger partial charge < -0.3 is 28.8 Å². The van der Waals surface area contributed by atoms with Gasteiger partial charge in [-0.1, -0.05) is 42.7 Å². The van der Waals surface area contributed by atoms with Crippen LogP contribution in [0.4, 0.5) is 0 Å². The first-order valence-electron chi connectivity index (χ1n) is 13.0. The molecule has 0 bridgehead atoms. The molecule has 1 fully saturated rings. The zero-order valence-corrected chi connectivity index (χ0v) is 22.5. The molecular formula is C30H36N2O6. The Morgan fingerprint density at radius 2 is 1.71 bits per heavy atom. The minimum Gasteiger partial charge on any atom is -0.493 e. The lowest BCUT2D eigenvalue weighted by Crippen LogP contribution is -2.46. The van der Waals surface area contributed by atoms with Crippen molar-refractivity contribution in [3.8, 4) is 17.2 Å². The summed E-state index contributed by atoms with van der Waals surface area (Å²) in [5.41, 5.74) is 2.76. The predicted octanol–water partition coefficient (Wildman–Crippen LogP) is 5.10. The number of hydrogen-bond donors (Lipinski definition) is 1. The fourth-order valence-electron chi connectivity index (χ4n) is 5.09. The Kier molecular flexibility index (Phi) is 8.94. The topological polar surface area (TPSA) is 90.2 Å². The third-order valence-electron chi connectivity index (χ3n) is 6.98. The number of carbonyl (C=O) groups is 2. The lowest BCUT2D eigenvalue weighted by atomic mass is 10.00. The van der Waals surface area contributed by atoms with Crippen molar-refractivity contribution < 1.29 is 28.2 Å². The molecule has 2 aromatic carbocycles. The molecule has 8 heteroatoms. The summed E-state index contributed by atoms with van der Waals surface area (Å²) in [6, 6.07) is 14.0. The molecule has 38 heavy (non-hydrogen) atoms.